The molecule has 3 N–H and O–H groups in total. The summed E-state index contributed by atoms with van der Waals surface area (Å²) in [5.41, 5.74) is -0.892. The number of aliphatic hydroxyl groups excluding tert-OH is 2. The highest BCUT2D eigenvalue weighted by Gasteiger charge is 2.64. The first kappa shape index (κ1) is 17.1. The van der Waals surface area contributed by atoms with Crippen LogP contribution in [0.2, 0.25) is 0 Å². The SMILES string of the molecule is C=C1C(=O)O[C@@H]2[C@@H]1[C@H](O)[C@H](OC(C)=O)[C@](C)(O)[C@@H]1[C@H]2C(C)=C[C@@H]1O. The highest BCUT2D eigenvalue weighted by atomic mass is 16.6. The van der Waals surface area contributed by atoms with Crippen LogP contribution in [0.3, 0.4) is 0 Å². The summed E-state index contributed by atoms with van der Waals surface area (Å²) in [7, 11) is 0. The van der Waals surface area contributed by atoms with Gasteiger partial charge >= 0.3 is 11.9 Å². The number of hydrogen-bond acceptors (Lipinski definition) is 7. The molecule has 24 heavy (non-hydrogen) atoms. The third-order valence-corrected chi connectivity index (χ3v) is 5.55. The maximum absolute atomic E-state index is 12.0. The van der Waals surface area contributed by atoms with Crippen molar-refractivity contribution in [2.45, 2.75) is 50.8 Å². The summed E-state index contributed by atoms with van der Waals surface area (Å²) < 4.78 is 10.6. The maximum Gasteiger partial charge on any atom is 0.334 e. The van der Waals surface area contributed by atoms with Crippen LogP contribution in [0.5, 0.6) is 0 Å². The lowest BCUT2D eigenvalue weighted by molar-refractivity contribution is -0.192. The van der Waals surface area contributed by atoms with E-state index < -0.39 is 59.7 Å². The van der Waals surface area contributed by atoms with Crippen LogP contribution in [0.15, 0.2) is 23.8 Å². The van der Waals surface area contributed by atoms with Crippen LogP contribution < -0.4 is 0 Å². The number of aliphatic hydroxyl groups is 3. The molecule has 1 saturated heterocycles. The van der Waals surface area contributed by atoms with E-state index in [1.807, 2.05) is 0 Å². The summed E-state index contributed by atoms with van der Waals surface area (Å²) in [5.74, 6) is -3.41. The lowest BCUT2D eigenvalue weighted by Crippen LogP contribution is -2.56. The molecule has 1 heterocycles. The average molecular weight is 338 g/mol. The summed E-state index contributed by atoms with van der Waals surface area (Å²) in [6.45, 7) is 8.05. The second-order valence-electron chi connectivity index (χ2n) is 7.12. The van der Waals surface area contributed by atoms with Gasteiger partial charge in [0.05, 0.1) is 12.0 Å². The highest BCUT2D eigenvalue weighted by Crippen LogP contribution is 2.52. The van der Waals surface area contributed by atoms with Crippen molar-refractivity contribution in [2.75, 3.05) is 0 Å². The summed E-state index contributed by atoms with van der Waals surface area (Å²) >= 11 is 0. The molecular formula is C17H22O7. The Morgan fingerprint density at radius 1 is 1.38 bits per heavy atom. The van der Waals surface area contributed by atoms with E-state index in [0.29, 0.717) is 0 Å². The lowest BCUT2D eigenvalue weighted by atomic mass is 9.74. The Morgan fingerprint density at radius 3 is 2.58 bits per heavy atom. The minimum Gasteiger partial charge on any atom is -0.458 e. The van der Waals surface area contributed by atoms with Gasteiger partial charge in [-0.25, -0.2) is 4.79 Å². The second kappa shape index (κ2) is 5.40. The van der Waals surface area contributed by atoms with Gasteiger partial charge in [-0.1, -0.05) is 18.2 Å². The Labute approximate surface area is 139 Å². The number of rotatable bonds is 1. The molecule has 2 fully saturated rings. The van der Waals surface area contributed by atoms with E-state index >= 15 is 0 Å². The van der Waals surface area contributed by atoms with Crippen LogP contribution in [-0.2, 0) is 19.1 Å². The fourth-order valence-electron chi connectivity index (χ4n) is 4.55. The van der Waals surface area contributed by atoms with E-state index in [4.69, 9.17) is 9.47 Å². The number of ether oxygens (including phenoxy) is 2. The fourth-order valence-corrected chi connectivity index (χ4v) is 4.55. The number of carbonyl (C=O) groups is 2. The molecule has 3 aliphatic rings. The zero-order valence-corrected chi connectivity index (χ0v) is 13.8. The Hall–Kier alpha value is -1.70. The van der Waals surface area contributed by atoms with Crippen molar-refractivity contribution in [3.63, 3.8) is 0 Å². The summed E-state index contributed by atoms with van der Waals surface area (Å²) in [5, 5.41) is 32.3. The van der Waals surface area contributed by atoms with Crippen LogP contribution in [0.4, 0.5) is 0 Å². The molecule has 0 radical (unpaired) electrons. The van der Waals surface area contributed by atoms with Gasteiger partial charge in [0, 0.05) is 24.3 Å². The van der Waals surface area contributed by atoms with Crippen LogP contribution in [0.25, 0.3) is 0 Å². The number of esters is 2. The average Bonchev–Trinajstić information content (AvgIpc) is 2.89. The molecule has 3 rings (SSSR count). The quantitative estimate of drug-likeness (QED) is 0.341. The van der Waals surface area contributed by atoms with Crippen LogP contribution >= 0.6 is 0 Å². The summed E-state index contributed by atoms with van der Waals surface area (Å²) in [6, 6.07) is 0. The molecular weight excluding hydrogens is 316 g/mol. The molecule has 2 aliphatic carbocycles. The number of fused-ring (bicyclic) bond motifs is 3. The van der Waals surface area contributed by atoms with Crippen LogP contribution in [0.1, 0.15) is 20.8 Å². The van der Waals surface area contributed by atoms with E-state index in [2.05, 4.69) is 6.58 Å². The van der Waals surface area contributed by atoms with Gasteiger partial charge in [-0.05, 0) is 13.8 Å². The third kappa shape index (κ3) is 2.22. The van der Waals surface area contributed by atoms with E-state index in [-0.39, 0.29) is 5.57 Å². The zero-order valence-electron chi connectivity index (χ0n) is 13.8. The minimum atomic E-state index is -1.72. The van der Waals surface area contributed by atoms with Crippen molar-refractivity contribution in [3.8, 4) is 0 Å². The van der Waals surface area contributed by atoms with Crippen molar-refractivity contribution in [1.82, 2.24) is 0 Å². The molecule has 0 amide bonds. The first-order chi connectivity index (χ1) is 11.1. The van der Waals surface area contributed by atoms with E-state index in [1.165, 1.54) is 13.8 Å². The Morgan fingerprint density at radius 2 is 2.00 bits per heavy atom. The van der Waals surface area contributed by atoms with E-state index in [9.17, 15) is 24.9 Å². The predicted molar refractivity (Wildman–Crippen MR) is 81.4 cm³/mol. The van der Waals surface area contributed by atoms with Gasteiger partial charge < -0.3 is 24.8 Å². The number of carbonyl (C=O) groups excluding carboxylic acids is 2. The lowest BCUT2D eigenvalue weighted by Gasteiger charge is -2.40. The smallest absolute Gasteiger partial charge is 0.334 e. The van der Waals surface area contributed by atoms with Crippen molar-refractivity contribution in [3.05, 3.63) is 23.8 Å². The van der Waals surface area contributed by atoms with Crippen molar-refractivity contribution in [1.29, 1.82) is 0 Å². The predicted octanol–water partition coefficient (Wildman–Crippen LogP) is -0.305. The normalized spacial score (nSPS) is 47.4. The molecule has 0 unspecified atom stereocenters. The van der Waals surface area contributed by atoms with Gasteiger partial charge in [-0.2, -0.15) is 0 Å². The number of hydrogen-bond donors (Lipinski definition) is 3. The Balaban J connectivity index is 2.15. The second-order valence-corrected chi connectivity index (χ2v) is 7.12. The highest BCUT2D eigenvalue weighted by molar-refractivity contribution is 5.91. The van der Waals surface area contributed by atoms with Gasteiger partial charge in [0.2, 0.25) is 0 Å². The topological polar surface area (TPSA) is 113 Å². The molecule has 1 aliphatic heterocycles. The summed E-state index contributed by atoms with van der Waals surface area (Å²) in [6.07, 6.45) is -2.89. The largest absolute Gasteiger partial charge is 0.458 e. The van der Waals surface area contributed by atoms with Crippen molar-refractivity contribution in [2.24, 2.45) is 17.8 Å². The minimum absolute atomic E-state index is 0.0790. The molecule has 132 valence electrons. The van der Waals surface area contributed by atoms with Crippen LogP contribution in [0, 0.1) is 17.8 Å². The van der Waals surface area contributed by atoms with Gasteiger partial charge in [0.15, 0.2) is 6.10 Å². The molecule has 7 heteroatoms. The van der Waals surface area contributed by atoms with Gasteiger partial charge in [0.1, 0.15) is 17.8 Å². The molecule has 8 atom stereocenters. The molecule has 7 nitrogen and oxygen atoms in total. The monoisotopic (exact) mass is 338 g/mol. The third-order valence-electron chi connectivity index (χ3n) is 5.55. The first-order valence-corrected chi connectivity index (χ1v) is 7.91. The molecule has 1 saturated carbocycles. The molecule has 0 aromatic carbocycles. The standard InChI is InChI=1S/C17H22O7/c1-6-5-9(19)12-10(6)14-11(7(2)16(21)24-14)13(20)15(17(12,4)22)23-8(3)18/h5,9-15,19-20,22H,2H2,1,3-4H3/t9-,10+,11-,12-,13-,14-,15-,17+/m0/s1. The molecule has 0 bridgehead atoms. The fraction of sp³-hybridized carbons (Fsp3) is 0.647. The van der Waals surface area contributed by atoms with Gasteiger partial charge in [-0.3, -0.25) is 4.79 Å². The van der Waals surface area contributed by atoms with Crippen molar-refractivity contribution < 1.29 is 34.4 Å². The Bertz CT molecular complexity index is 635. The zero-order chi connectivity index (χ0) is 18.0. The summed E-state index contributed by atoms with van der Waals surface area (Å²) in [4.78, 5) is 23.5. The van der Waals surface area contributed by atoms with Gasteiger partial charge in [-0.15, -0.1) is 0 Å². The Kier molecular flexibility index (Phi) is 3.86. The molecule has 0 aromatic heterocycles. The molecule has 0 aromatic rings. The van der Waals surface area contributed by atoms with Crippen molar-refractivity contribution >= 4 is 11.9 Å². The maximum atomic E-state index is 12.0. The van der Waals surface area contributed by atoms with E-state index in [0.717, 1.165) is 5.57 Å². The molecule has 0 spiro atoms. The van der Waals surface area contributed by atoms with E-state index in [1.54, 1.807) is 13.0 Å². The first-order valence-electron chi connectivity index (χ1n) is 7.91. The van der Waals surface area contributed by atoms with Crippen LogP contribution in [-0.4, -0.2) is 57.3 Å². The van der Waals surface area contributed by atoms with Gasteiger partial charge in [0.25, 0.3) is 0 Å².